The standard InChI is InChI=1S/C27H29F3N4O3/c1-5-22-23(24(35)31-17(3)19-9-10-21(16(2)13-19)26(36)37-4)25-33(11-12-34(25)32-22)15-18-7-6-8-20(14-18)27(28,29)30/h5-10,14,16-17H,1,11-13,15H2,2-4H3,(H,31,35). The number of ether oxygens (including phenoxy) is 1. The summed E-state index contributed by atoms with van der Waals surface area (Å²) in [5.41, 5.74) is 2.06. The predicted molar refractivity (Wildman–Crippen MR) is 134 cm³/mol. The van der Waals surface area contributed by atoms with Gasteiger partial charge in [-0.3, -0.25) is 4.79 Å². The van der Waals surface area contributed by atoms with Crippen LogP contribution in [0.25, 0.3) is 6.08 Å². The molecule has 37 heavy (non-hydrogen) atoms. The second kappa shape index (κ2) is 10.3. The molecule has 0 saturated carbocycles. The van der Waals surface area contributed by atoms with E-state index in [1.54, 1.807) is 16.8 Å². The van der Waals surface area contributed by atoms with Crippen LogP contribution < -0.4 is 10.2 Å². The molecule has 1 aromatic carbocycles. The Morgan fingerprint density at radius 3 is 2.70 bits per heavy atom. The lowest BCUT2D eigenvalue weighted by atomic mass is 9.86. The van der Waals surface area contributed by atoms with E-state index in [9.17, 15) is 22.8 Å². The Kier molecular flexibility index (Phi) is 7.29. The maximum atomic E-state index is 13.5. The molecule has 10 heteroatoms. The molecular formula is C27H29F3N4O3. The molecule has 7 nitrogen and oxygen atoms in total. The number of rotatable bonds is 7. The Balaban J connectivity index is 1.57. The maximum Gasteiger partial charge on any atom is 0.416 e. The molecule has 4 rings (SSSR count). The highest BCUT2D eigenvalue weighted by molar-refractivity contribution is 6.02. The van der Waals surface area contributed by atoms with E-state index in [1.165, 1.54) is 19.3 Å². The lowest BCUT2D eigenvalue weighted by Gasteiger charge is -2.25. The first kappa shape index (κ1) is 26.2. The van der Waals surface area contributed by atoms with Crippen molar-refractivity contribution in [3.8, 4) is 0 Å². The predicted octanol–water partition coefficient (Wildman–Crippen LogP) is 4.75. The smallest absolute Gasteiger partial charge is 0.416 e. The summed E-state index contributed by atoms with van der Waals surface area (Å²) in [4.78, 5) is 27.3. The third-order valence-corrected chi connectivity index (χ3v) is 6.76. The van der Waals surface area contributed by atoms with E-state index in [2.05, 4.69) is 17.0 Å². The van der Waals surface area contributed by atoms with Crippen LogP contribution in [0.4, 0.5) is 19.0 Å². The molecule has 0 bridgehead atoms. The lowest BCUT2D eigenvalue weighted by Crippen LogP contribution is -2.36. The molecular weight excluding hydrogens is 485 g/mol. The average Bonchev–Trinajstić information content (AvgIpc) is 3.42. The van der Waals surface area contributed by atoms with Crippen LogP contribution in [-0.4, -0.2) is 41.4 Å². The largest absolute Gasteiger partial charge is 0.466 e. The first-order valence-corrected chi connectivity index (χ1v) is 12.0. The number of amides is 1. The van der Waals surface area contributed by atoms with Crippen molar-refractivity contribution in [2.45, 2.75) is 45.6 Å². The van der Waals surface area contributed by atoms with Crippen molar-refractivity contribution >= 4 is 23.8 Å². The van der Waals surface area contributed by atoms with E-state index < -0.39 is 11.7 Å². The molecule has 196 valence electrons. The normalized spacial score (nSPS) is 18.0. The molecule has 1 aliphatic heterocycles. The second-order valence-corrected chi connectivity index (χ2v) is 9.29. The summed E-state index contributed by atoms with van der Waals surface area (Å²) in [6.07, 6.45) is 1.21. The number of esters is 1. The number of fused-ring (bicyclic) bond motifs is 1. The number of hydrogen-bond donors (Lipinski definition) is 1. The Hall–Kier alpha value is -3.82. The third kappa shape index (κ3) is 5.33. The monoisotopic (exact) mass is 514 g/mol. The Morgan fingerprint density at radius 1 is 1.30 bits per heavy atom. The SMILES string of the molecule is C=Cc1nn2c(c1C(=O)NC(C)C1=CC=C(C(=O)OC)C(C)C1)N(Cc1cccc(C(F)(F)F)c1)CC2. The third-order valence-electron chi connectivity index (χ3n) is 6.76. The molecule has 2 aliphatic rings. The fourth-order valence-corrected chi connectivity index (χ4v) is 4.81. The summed E-state index contributed by atoms with van der Waals surface area (Å²) in [6, 6.07) is 4.86. The number of carbonyl (C=O) groups is 2. The van der Waals surface area contributed by atoms with Crippen molar-refractivity contribution in [3.05, 3.63) is 76.5 Å². The number of nitrogens with zero attached hydrogens (tertiary/aromatic N) is 3. The quantitative estimate of drug-likeness (QED) is 0.540. The van der Waals surface area contributed by atoms with Gasteiger partial charge in [-0.15, -0.1) is 0 Å². The van der Waals surface area contributed by atoms with Crippen LogP contribution in [0.3, 0.4) is 0 Å². The van der Waals surface area contributed by atoms with E-state index >= 15 is 0 Å². The van der Waals surface area contributed by atoms with Gasteiger partial charge in [0, 0.05) is 24.7 Å². The number of benzene rings is 1. The van der Waals surface area contributed by atoms with Gasteiger partial charge < -0.3 is 15.0 Å². The summed E-state index contributed by atoms with van der Waals surface area (Å²) in [5.74, 6) is -0.225. The summed E-state index contributed by atoms with van der Waals surface area (Å²) >= 11 is 0. The van der Waals surface area contributed by atoms with Gasteiger partial charge in [0.25, 0.3) is 5.91 Å². The zero-order valence-electron chi connectivity index (χ0n) is 20.9. The number of allylic oxidation sites excluding steroid dienone is 2. The van der Waals surface area contributed by atoms with Crippen molar-refractivity contribution in [3.63, 3.8) is 0 Å². The number of aromatic nitrogens is 2. The Bertz CT molecular complexity index is 1290. The molecule has 1 amide bonds. The minimum atomic E-state index is -4.43. The molecule has 2 atom stereocenters. The molecule has 0 spiro atoms. The Morgan fingerprint density at radius 2 is 2.05 bits per heavy atom. The molecule has 1 aromatic heterocycles. The van der Waals surface area contributed by atoms with Gasteiger partial charge in [-0.25, -0.2) is 9.48 Å². The summed E-state index contributed by atoms with van der Waals surface area (Å²) < 4.78 is 46.1. The van der Waals surface area contributed by atoms with Crippen LogP contribution in [-0.2, 0) is 28.8 Å². The summed E-state index contributed by atoms with van der Waals surface area (Å²) in [6.45, 7) is 8.79. The van der Waals surface area contributed by atoms with Crippen LogP contribution in [0.5, 0.6) is 0 Å². The van der Waals surface area contributed by atoms with Crippen LogP contribution >= 0.6 is 0 Å². The van der Waals surface area contributed by atoms with Gasteiger partial charge in [-0.05, 0) is 48.6 Å². The van der Waals surface area contributed by atoms with Gasteiger partial charge in [0.05, 0.1) is 24.9 Å². The fraction of sp³-hybridized carbons (Fsp3) is 0.370. The van der Waals surface area contributed by atoms with Gasteiger partial charge in [0.15, 0.2) is 0 Å². The van der Waals surface area contributed by atoms with Gasteiger partial charge in [-0.2, -0.15) is 18.3 Å². The minimum Gasteiger partial charge on any atom is -0.466 e. The number of carbonyl (C=O) groups excluding carboxylic acids is 2. The fourth-order valence-electron chi connectivity index (χ4n) is 4.81. The lowest BCUT2D eigenvalue weighted by molar-refractivity contribution is -0.138. The van der Waals surface area contributed by atoms with Gasteiger partial charge in [-0.1, -0.05) is 37.8 Å². The Labute approximate surface area is 213 Å². The number of halogens is 3. The van der Waals surface area contributed by atoms with Crippen molar-refractivity contribution < 1.29 is 27.5 Å². The number of hydrogen-bond acceptors (Lipinski definition) is 5. The molecule has 0 saturated heterocycles. The van der Waals surface area contributed by atoms with Crippen LogP contribution in [0.2, 0.25) is 0 Å². The van der Waals surface area contributed by atoms with E-state index in [4.69, 9.17) is 4.74 Å². The highest BCUT2D eigenvalue weighted by Gasteiger charge is 2.33. The minimum absolute atomic E-state index is 0.0566. The molecule has 2 unspecified atom stereocenters. The molecule has 1 N–H and O–H groups in total. The van der Waals surface area contributed by atoms with Crippen molar-refractivity contribution in [2.24, 2.45) is 5.92 Å². The second-order valence-electron chi connectivity index (χ2n) is 9.29. The molecule has 0 radical (unpaired) electrons. The van der Waals surface area contributed by atoms with Crippen LogP contribution in [0.15, 0.2) is 54.1 Å². The maximum absolute atomic E-state index is 13.5. The van der Waals surface area contributed by atoms with Crippen LogP contribution in [0.1, 0.15) is 47.4 Å². The molecule has 0 fully saturated rings. The highest BCUT2D eigenvalue weighted by Crippen LogP contribution is 2.34. The zero-order chi connectivity index (χ0) is 26.9. The van der Waals surface area contributed by atoms with E-state index in [0.717, 1.165) is 17.7 Å². The van der Waals surface area contributed by atoms with Crippen molar-refractivity contribution in [1.29, 1.82) is 0 Å². The van der Waals surface area contributed by atoms with E-state index in [-0.39, 0.29) is 30.4 Å². The highest BCUT2D eigenvalue weighted by atomic mass is 19.4. The van der Waals surface area contributed by atoms with E-state index in [0.29, 0.717) is 47.7 Å². The summed E-state index contributed by atoms with van der Waals surface area (Å²) in [7, 11) is 1.34. The van der Waals surface area contributed by atoms with Crippen molar-refractivity contribution in [1.82, 2.24) is 15.1 Å². The number of anilines is 1. The van der Waals surface area contributed by atoms with Crippen molar-refractivity contribution in [2.75, 3.05) is 18.6 Å². The number of methoxy groups -OCH3 is 1. The van der Waals surface area contributed by atoms with Gasteiger partial charge in [0.2, 0.25) is 0 Å². The summed E-state index contributed by atoms with van der Waals surface area (Å²) in [5, 5.41) is 7.51. The zero-order valence-corrected chi connectivity index (χ0v) is 20.9. The molecule has 2 aromatic rings. The van der Waals surface area contributed by atoms with Crippen LogP contribution in [0, 0.1) is 5.92 Å². The average molecular weight is 515 g/mol. The van der Waals surface area contributed by atoms with E-state index in [1.807, 2.05) is 24.8 Å². The first-order chi connectivity index (χ1) is 17.5. The number of alkyl halides is 3. The molecule has 1 aliphatic carbocycles. The number of nitrogens with one attached hydrogen (secondary N) is 1. The van der Waals surface area contributed by atoms with Gasteiger partial charge in [0.1, 0.15) is 11.4 Å². The first-order valence-electron chi connectivity index (χ1n) is 12.0. The van der Waals surface area contributed by atoms with Gasteiger partial charge >= 0.3 is 12.1 Å². The molecule has 2 heterocycles. The topological polar surface area (TPSA) is 76.5 Å².